The molecule has 0 atom stereocenters. The van der Waals surface area contributed by atoms with Gasteiger partial charge in [0.2, 0.25) is 11.8 Å². The highest BCUT2D eigenvalue weighted by Gasteiger charge is 2.23. The van der Waals surface area contributed by atoms with Crippen LogP contribution in [0.4, 0.5) is 27.4 Å². The molecular weight excluding hydrogens is 589 g/mol. The summed E-state index contributed by atoms with van der Waals surface area (Å²) in [6, 6.07) is 15.3. The molecule has 1 aromatic heterocycles. The van der Waals surface area contributed by atoms with Crippen molar-refractivity contribution in [1.82, 2.24) is 19.8 Å². The summed E-state index contributed by atoms with van der Waals surface area (Å²) in [5, 5.41) is 5.96. The van der Waals surface area contributed by atoms with E-state index in [-0.39, 0.29) is 40.4 Å². The summed E-state index contributed by atoms with van der Waals surface area (Å²) in [6.07, 6.45) is 1.33. The Kier molecular flexibility index (Phi) is 9.67. The number of halogens is 1. The van der Waals surface area contributed by atoms with Crippen LogP contribution in [0, 0.1) is 19.7 Å². The number of para-hydroxylation sites is 1. The third-order valence-corrected chi connectivity index (χ3v) is 7.80. The van der Waals surface area contributed by atoms with Gasteiger partial charge in [-0.3, -0.25) is 9.59 Å². The second-order valence-electron chi connectivity index (χ2n) is 11.4. The number of rotatable bonds is 9. The van der Waals surface area contributed by atoms with Gasteiger partial charge in [-0.15, -0.1) is 0 Å². The van der Waals surface area contributed by atoms with Crippen molar-refractivity contribution >= 4 is 34.8 Å². The molecule has 0 radical (unpaired) electrons. The minimum absolute atomic E-state index is 0.0314. The zero-order valence-corrected chi connectivity index (χ0v) is 26.8. The molecule has 0 spiro atoms. The van der Waals surface area contributed by atoms with E-state index in [0.29, 0.717) is 22.8 Å². The van der Waals surface area contributed by atoms with Gasteiger partial charge in [0.1, 0.15) is 22.9 Å². The van der Waals surface area contributed by atoms with Crippen LogP contribution >= 0.6 is 0 Å². The van der Waals surface area contributed by atoms with Crippen LogP contribution in [0.25, 0.3) is 0 Å². The third kappa shape index (κ3) is 7.18. The first-order valence-corrected chi connectivity index (χ1v) is 14.9. The van der Waals surface area contributed by atoms with Gasteiger partial charge >= 0.3 is 0 Å². The second-order valence-corrected chi connectivity index (χ2v) is 11.4. The molecule has 46 heavy (non-hydrogen) atoms. The van der Waals surface area contributed by atoms with E-state index in [0.717, 1.165) is 37.3 Å². The Morgan fingerprint density at radius 2 is 1.67 bits per heavy atom. The Labute approximate surface area is 268 Å². The Bertz CT molecular complexity index is 1740. The summed E-state index contributed by atoms with van der Waals surface area (Å²) in [5.74, 6) is -0.631. The standard InChI is InChI=1S/C34H38FN7O4/c1-21-8-7-9-22(2)30(21)38-31(43)26-20-36-34(37-23-10-12-28(27(35)18-23)42-16-14-41(5)15-17-42)39-32(26)46-29-13-11-24(45-6)19-25(29)33(44)40(3)4/h7-13,18-20H,14-17H2,1-6H3,(H,38,43)(H,36,37,39). The molecule has 0 unspecified atom stereocenters. The highest BCUT2D eigenvalue weighted by molar-refractivity contribution is 6.06. The molecule has 11 nitrogen and oxygen atoms in total. The van der Waals surface area contributed by atoms with Crippen LogP contribution < -0.4 is 25.0 Å². The number of aromatic nitrogens is 2. The zero-order valence-electron chi connectivity index (χ0n) is 26.8. The van der Waals surface area contributed by atoms with Crippen molar-refractivity contribution in [2.45, 2.75) is 13.8 Å². The van der Waals surface area contributed by atoms with E-state index in [1.165, 1.54) is 24.3 Å². The number of methoxy groups -OCH3 is 1. The summed E-state index contributed by atoms with van der Waals surface area (Å²) in [6.45, 7) is 6.98. The SMILES string of the molecule is COc1ccc(Oc2nc(Nc3ccc(N4CCN(C)CC4)c(F)c3)ncc2C(=O)Nc2c(C)cccc2C)c(C(=O)N(C)C)c1. The molecule has 0 aliphatic carbocycles. The summed E-state index contributed by atoms with van der Waals surface area (Å²) >= 11 is 0. The first kappa shape index (κ1) is 32.2. The van der Waals surface area contributed by atoms with Crippen molar-refractivity contribution in [2.24, 2.45) is 0 Å². The van der Waals surface area contributed by atoms with Gasteiger partial charge in [0.15, 0.2) is 0 Å². The fourth-order valence-electron chi connectivity index (χ4n) is 5.11. The first-order valence-electron chi connectivity index (χ1n) is 14.9. The fourth-order valence-corrected chi connectivity index (χ4v) is 5.11. The molecule has 1 aliphatic rings. The Hall–Kier alpha value is -5.23. The van der Waals surface area contributed by atoms with Crippen LogP contribution in [0.2, 0.25) is 0 Å². The Balaban J connectivity index is 1.49. The number of hydrogen-bond acceptors (Lipinski definition) is 9. The van der Waals surface area contributed by atoms with Crippen molar-refractivity contribution in [2.75, 3.05) is 70.0 Å². The molecule has 12 heteroatoms. The molecule has 1 fully saturated rings. The lowest BCUT2D eigenvalue weighted by atomic mass is 10.1. The maximum atomic E-state index is 15.2. The average Bonchev–Trinajstić information content (AvgIpc) is 3.03. The van der Waals surface area contributed by atoms with Crippen LogP contribution in [0.1, 0.15) is 31.8 Å². The number of aryl methyl sites for hydroxylation is 2. The lowest BCUT2D eigenvalue weighted by Crippen LogP contribution is -2.44. The molecule has 2 heterocycles. The van der Waals surface area contributed by atoms with Gasteiger partial charge in [-0.25, -0.2) is 9.37 Å². The second kappa shape index (κ2) is 13.8. The third-order valence-electron chi connectivity index (χ3n) is 7.80. The minimum Gasteiger partial charge on any atom is -0.497 e. The molecule has 0 bridgehead atoms. The van der Waals surface area contributed by atoms with E-state index in [2.05, 4.69) is 25.5 Å². The number of carbonyl (C=O) groups is 2. The van der Waals surface area contributed by atoms with E-state index in [1.54, 1.807) is 44.4 Å². The molecule has 1 aliphatic heterocycles. The van der Waals surface area contributed by atoms with Gasteiger partial charge in [-0.1, -0.05) is 18.2 Å². The summed E-state index contributed by atoms with van der Waals surface area (Å²) in [4.78, 5) is 41.2. The number of ether oxygens (including phenoxy) is 2. The van der Waals surface area contributed by atoms with Crippen molar-refractivity contribution < 1.29 is 23.5 Å². The number of hydrogen-bond donors (Lipinski definition) is 2. The highest BCUT2D eigenvalue weighted by atomic mass is 19.1. The number of piperazine rings is 1. The number of amides is 2. The van der Waals surface area contributed by atoms with E-state index in [9.17, 15) is 9.59 Å². The zero-order chi connectivity index (χ0) is 33.0. The number of nitrogens with zero attached hydrogens (tertiary/aromatic N) is 5. The van der Waals surface area contributed by atoms with Crippen LogP contribution in [-0.2, 0) is 0 Å². The van der Waals surface area contributed by atoms with Crippen molar-refractivity contribution in [3.05, 3.63) is 88.9 Å². The fraction of sp³-hybridized carbons (Fsp3) is 0.294. The van der Waals surface area contributed by atoms with E-state index in [1.807, 2.05) is 44.0 Å². The smallest absolute Gasteiger partial charge is 0.262 e. The highest BCUT2D eigenvalue weighted by Crippen LogP contribution is 2.33. The maximum absolute atomic E-state index is 15.2. The largest absolute Gasteiger partial charge is 0.497 e. The van der Waals surface area contributed by atoms with Crippen molar-refractivity contribution in [3.8, 4) is 17.4 Å². The molecule has 3 aromatic carbocycles. The topological polar surface area (TPSA) is 112 Å². The lowest BCUT2D eigenvalue weighted by Gasteiger charge is -2.34. The van der Waals surface area contributed by atoms with E-state index in [4.69, 9.17) is 9.47 Å². The summed E-state index contributed by atoms with van der Waals surface area (Å²) in [7, 11) is 6.79. The number of carbonyl (C=O) groups excluding carboxylic acids is 2. The number of benzene rings is 3. The van der Waals surface area contributed by atoms with Crippen LogP contribution in [0.15, 0.2) is 60.8 Å². The van der Waals surface area contributed by atoms with Gasteiger partial charge in [-0.05, 0) is 68.4 Å². The van der Waals surface area contributed by atoms with Crippen molar-refractivity contribution in [3.63, 3.8) is 0 Å². The molecule has 2 N–H and O–H groups in total. The van der Waals surface area contributed by atoms with Crippen LogP contribution in [-0.4, -0.2) is 86.0 Å². The van der Waals surface area contributed by atoms with Gasteiger partial charge in [0.05, 0.1) is 18.4 Å². The van der Waals surface area contributed by atoms with E-state index >= 15 is 4.39 Å². The van der Waals surface area contributed by atoms with Gasteiger partial charge in [0.25, 0.3) is 11.8 Å². The van der Waals surface area contributed by atoms with E-state index < -0.39 is 5.91 Å². The van der Waals surface area contributed by atoms with Gasteiger partial charge in [-0.2, -0.15) is 4.98 Å². The average molecular weight is 628 g/mol. The molecular formula is C34H38FN7O4. The normalized spacial score (nSPS) is 13.2. The monoisotopic (exact) mass is 627 g/mol. The quantitative estimate of drug-likeness (QED) is 0.249. The predicted octanol–water partition coefficient (Wildman–Crippen LogP) is 5.48. The van der Waals surface area contributed by atoms with Crippen LogP contribution in [0.5, 0.6) is 17.4 Å². The predicted molar refractivity (Wildman–Crippen MR) is 176 cm³/mol. The Morgan fingerprint density at radius 1 is 0.957 bits per heavy atom. The molecule has 240 valence electrons. The minimum atomic E-state index is -0.504. The van der Waals surface area contributed by atoms with Gasteiger partial charge < -0.3 is 34.8 Å². The van der Waals surface area contributed by atoms with Crippen LogP contribution in [0.3, 0.4) is 0 Å². The number of nitrogens with one attached hydrogen (secondary N) is 2. The lowest BCUT2D eigenvalue weighted by molar-refractivity contribution is 0.0824. The number of anilines is 4. The molecule has 0 saturated carbocycles. The maximum Gasteiger partial charge on any atom is 0.262 e. The molecule has 1 saturated heterocycles. The Morgan fingerprint density at radius 3 is 2.33 bits per heavy atom. The summed E-state index contributed by atoms with van der Waals surface area (Å²) in [5.41, 5.74) is 3.60. The molecule has 5 rings (SSSR count). The molecule has 2 amide bonds. The summed E-state index contributed by atoms with van der Waals surface area (Å²) < 4.78 is 26.8. The molecule has 4 aromatic rings. The number of likely N-dealkylation sites (N-methyl/N-ethyl adjacent to an activating group) is 1. The van der Waals surface area contributed by atoms with Gasteiger partial charge in [0, 0.05) is 57.8 Å². The van der Waals surface area contributed by atoms with Crippen molar-refractivity contribution in [1.29, 1.82) is 0 Å². The first-order chi connectivity index (χ1) is 22.0.